The van der Waals surface area contributed by atoms with E-state index in [0.717, 1.165) is 17.7 Å². The second-order valence-corrected chi connectivity index (χ2v) is 8.16. The minimum Gasteiger partial charge on any atom is -0.496 e. The van der Waals surface area contributed by atoms with Crippen LogP contribution in [0.15, 0.2) is 34.7 Å². The second-order valence-electron chi connectivity index (χ2n) is 8.16. The number of hydrogen-bond donors (Lipinski definition) is 0. The standard InChI is InChI=1S/C23H32N2O4/c1-8-23(2,3)17-9-11-19(28-7)16(13-17)14-18-10-12-20(29-18)22(27)25(6)15-21(26)24(4)5/h9-13H,8,14-15H2,1-7H3. The average molecular weight is 401 g/mol. The molecule has 2 amide bonds. The molecule has 0 bridgehead atoms. The monoisotopic (exact) mass is 400 g/mol. The SMILES string of the molecule is CCC(C)(C)c1ccc(OC)c(Cc2ccc(C(=O)N(C)CC(=O)N(C)C)o2)c1. The molecular weight excluding hydrogens is 368 g/mol. The first-order valence-corrected chi connectivity index (χ1v) is 9.80. The summed E-state index contributed by atoms with van der Waals surface area (Å²) in [6, 6.07) is 9.68. The quantitative estimate of drug-likeness (QED) is 0.677. The number of methoxy groups -OCH3 is 1. The van der Waals surface area contributed by atoms with Crippen LogP contribution in [-0.2, 0) is 16.6 Å². The van der Waals surface area contributed by atoms with Crippen LogP contribution in [0.5, 0.6) is 5.75 Å². The van der Waals surface area contributed by atoms with Gasteiger partial charge in [-0.05, 0) is 35.6 Å². The Morgan fingerprint density at radius 2 is 1.79 bits per heavy atom. The Kier molecular flexibility index (Phi) is 7.11. The highest BCUT2D eigenvalue weighted by atomic mass is 16.5. The molecule has 0 aliphatic heterocycles. The number of rotatable bonds is 8. The highest BCUT2D eigenvalue weighted by molar-refractivity contribution is 5.94. The summed E-state index contributed by atoms with van der Waals surface area (Å²) >= 11 is 0. The lowest BCUT2D eigenvalue weighted by Crippen LogP contribution is -2.37. The number of carbonyl (C=O) groups excluding carboxylic acids is 2. The van der Waals surface area contributed by atoms with Crippen LogP contribution >= 0.6 is 0 Å². The van der Waals surface area contributed by atoms with E-state index in [1.165, 1.54) is 15.4 Å². The van der Waals surface area contributed by atoms with Crippen LogP contribution in [0.1, 0.15) is 54.6 Å². The number of carbonyl (C=O) groups is 2. The van der Waals surface area contributed by atoms with E-state index >= 15 is 0 Å². The molecule has 2 rings (SSSR count). The zero-order valence-electron chi connectivity index (χ0n) is 18.5. The van der Waals surface area contributed by atoms with Gasteiger partial charge in [0.25, 0.3) is 5.91 Å². The summed E-state index contributed by atoms with van der Waals surface area (Å²) in [4.78, 5) is 27.2. The molecule has 0 saturated carbocycles. The van der Waals surface area contributed by atoms with Crippen molar-refractivity contribution in [3.05, 3.63) is 53.0 Å². The number of likely N-dealkylation sites (N-methyl/N-ethyl adjacent to an activating group) is 2. The van der Waals surface area contributed by atoms with Crippen molar-refractivity contribution < 1.29 is 18.7 Å². The first-order valence-electron chi connectivity index (χ1n) is 9.80. The van der Waals surface area contributed by atoms with E-state index in [0.29, 0.717) is 12.2 Å². The van der Waals surface area contributed by atoms with Gasteiger partial charge >= 0.3 is 0 Å². The molecule has 1 heterocycles. The number of hydrogen-bond acceptors (Lipinski definition) is 4. The first-order chi connectivity index (χ1) is 13.6. The Labute approximate surface area is 173 Å². The highest BCUT2D eigenvalue weighted by Crippen LogP contribution is 2.32. The van der Waals surface area contributed by atoms with Gasteiger partial charge in [0, 0.05) is 33.1 Å². The first kappa shape index (κ1) is 22.5. The molecule has 0 saturated heterocycles. The largest absolute Gasteiger partial charge is 0.496 e. The minimum absolute atomic E-state index is 0.00380. The molecule has 6 nitrogen and oxygen atoms in total. The molecule has 2 aromatic rings. The fraction of sp³-hybridized carbons (Fsp3) is 0.478. The topological polar surface area (TPSA) is 63.0 Å². The fourth-order valence-electron chi connectivity index (χ4n) is 2.92. The van der Waals surface area contributed by atoms with Gasteiger partial charge in [0.05, 0.1) is 13.7 Å². The molecule has 0 aliphatic rings. The maximum absolute atomic E-state index is 12.6. The second kappa shape index (κ2) is 9.16. The molecule has 0 radical (unpaired) electrons. The molecule has 1 aromatic carbocycles. The van der Waals surface area contributed by atoms with Gasteiger partial charge in [0.1, 0.15) is 11.5 Å². The summed E-state index contributed by atoms with van der Waals surface area (Å²) in [5.41, 5.74) is 2.31. The predicted octanol–water partition coefficient (Wildman–Crippen LogP) is 3.73. The Balaban J connectivity index is 2.20. The van der Waals surface area contributed by atoms with E-state index < -0.39 is 0 Å². The molecule has 1 aromatic heterocycles. The maximum atomic E-state index is 12.6. The number of ether oxygens (including phenoxy) is 1. The summed E-state index contributed by atoms with van der Waals surface area (Å²) in [5.74, 6) is 1.22. The molecule has 6 heteroatoms. The third-order valence-electron chi connectivity index (χ3n) is 5.40. The molecule has 0 aliphatic carbocycles. The highest BCUT2D eigenvalue weighted by Gasteiger charge is 2.22. The van der Waals surface area contributed by atoms with Crippen molar-refractivity contribution in [1.29, 1.82) is 0 Å². The molecule has 0 unspecified atom stereocenters. The molecule has 0 atom stereocenters. The molecule has 0 fully saturated rings. The predicted molar refractivity (Wildman–Crippen MR) is 113 cm³/mol. The van der Waals surface area contributed by atoms with E-state index in [1.54, 1.807) is 40.4 Å². The smallest absolute Gasteiger partial charge is 0.289 e. The van der Waals surface area contributed by atoms with Crippen LogP contribution in [-0.4, -0.2) is 56.4 Å². The van der Waals surface area contributed by atoms with Crippen molar-refractivity contribution in [3.63, 3.8) is 0 Å². The van der Waals surface area contributed by atoms with Crippen LogP contribution in [0.4, 0.5) is 0 Å². The van der Waals surface area contributed by atoms with E-state index in [9.17, 15) is 9.59 Å². The Bertz CT molecular complexity index is 868. The number of nitrogens with zero attached hydrogens (tertiary/aromatic N) is 2. The van der Waals surface area contributed by atoms with E-state index in [2.05, 4.69) is 32.9 Å². The van der Waals surface area contributed by atoms with Crippen molar-refractivity contribution in [1.82, 2.24) is 9.80 Å². The lowest BCUT2D eigenvalue weighted by Gasteiger charge is -2.24. The molecule has 29 heavy (non-hydrogen) atoms. The summed E-state index contributed by atoms with van der Waals surface area (Å²) < 4.78 is 11.3. The molecule has 158 valence electrons. The average Bonchev–Trinajstić information content (AvgIpc) is 3.15. The van der Waals surface area contributed by atoms with Gasteiger partial charge in [-0.1, -0.05) is 32.9 Å². The van der Waals surface area contributed by atoms with Crippen LogP contribution in [0, 0.1) is 0 Å². The number of benzene rings is 1. The van der Waals surface area contributed by atoms with Crippen LogP contribution in [0.3, 0.4) is 0 Å². The van der Waals surface area contributed by atoms with Gasteiger partial charge in [-0.25, -0.2) is 0 Å². The van der Waals surface area contributed by atoms with Crippen molar-refractivity contribution >= 4 is 11.8 Å². The van der Waals surface area contributed by atoms with Gasteiger partial charge in [-0.3, -0.25) is 9.59 Å². The zero-order chi connectivity index (χ0) is 21.8. The van der Waals surface area contributed by atoms with Crippen molar-refractivity contribution in [2.75, 3.05) is 34.8 Å². The number of furan rings is 1. The Morgan fingerprint density at radius 3 is 2.38 bits per heavy atom. The van der Waals surface area contributed by atoms with E-state index in [-0.39, 0.29) is 29.5 Å². The van der Waals surface area contributed by atoms with Crippen molar-refractivity contribution in [2.45, 2.75) is 39.0 Å². The van der Waals surface area contributed by atoms with Gasteiger partial charge < -0.3 is 19.0 Å². The lowest BCUT2D eigenvalue weighted by atomic mass is 9.81. The lowest BCUT2D eigenvalue weighted by molar-refractivity contribution is -0.129. The third kappa shape index (κ3) is 5.40. The summed E-state index contributed by atoms with van der Waals surface area (Å²) in [5, 5.41) is 0. The van der Waals surface area contributed by atoms with E-state index in [4.69, 9.17) is 9.15 Å². The Hall–Kier alpha value is -2.76. The van der Waals surface area contributed by atoms with Gasteiger partial charge in [0.15, 0.2) is 5.76 Å². The normalized spacial score (nSPS) is 11.3. The third-order valence-corrected chi connectivity index (χ3v) is 5.40. The van der Waals surface area contributed by atoms with E-state index in [1.807, 2.05) is 6.07 Å². The summed E-state index contributed by atoms with van der Waals surface area (Å²) in [7, 11) is 6.56. The van der Waals surface area contributed by atoms with Crippen LogP contribution < -0.4 is 4.74 Å². The van der Waals surface area contributed by atoms with Crippen LogP contribution in [0.2, 0.25) is 0 Å². The summed E-state index contributed by atoms with van der Waals surface area (Å²) in [6.45, 7) is 6.61. The van der Waals surface area contributed by atoms with Crippen molar-refractivity contribution in [3.8, 4) is 5.75 Å². The number of amides is 2. The Morgan fingerprint density at radius 1 is 1.10 bits per heavy atom. The zero-order valence-corrected chi connectivity index (χ0v) is 18.5. The van der Waals surface area contributed by atoms with Gasteiger partial charge in [0.2, 0.25) is 5.91 Å². The fourth-order valence-corrected chi connectivity index (χ4v) is 2.92. The maximum Gasteiger partial charge on any atom is 0.289 e. The van der Waals surface area contributed by atoms with Crippen LogP contribution in [0.25, 0.3) is 0 Å². The van der Waals surface area contributed by atoms with Gasteiger partial charge in [-0.2, -0.15) is 0 Å². The molecular formula is C23H32N2O4. The molecule has 0 N–H and O–H groups in total. The van der Waals surface area contributed by atoms with Gasteiger partial charge in [-0.15, -0.1) is 0 Å². The minimum atomic E-state index is -0.320. The molecule has 0 spiro atoms. The summed E-state index contributed by atoms with van der Waals surface area (Å²) in [6.07, 6.45) is 1.54. The van der Waals surface area contributed by atoms with Crippen molar-refractivity contribution in [2.24, 2.45) is 0 Å².